The van der Waals surface area contributed by atoms with E-state index in [1.54, 1.807) is 0 Å². The van der Waals surface area contributed by atoms with Crippen LogP contribution < -0.4 is 5.32 Å². The van der Waals surface area contributed by atoms with E-state index in [1.807, 2.05) is 0 Å². The molecule has 0 amide bonds. The quantitative estimate of drug-likeness (QED) is 0.721. The average Bonchev–Trinajstić information content (AvgIpc) is 3.23. The molecule has 3 saturated carbocycles. The lowest BCUT2D eigenvalue weighted by molar-refractivity contribution is 0.140. The molecule has 19 heavy (non-hydrogen) atoms. The molecule has 0 aromatic carbocycles. The molecule has 0 bridgehead atoms. The van der Waals surface area contributed by atoms with Gasteiger partial charge < -0.3 is 5.32 Å². The normalized spacial score (nSPS) is 40.9. The first-order valence-electron chi connectivity index (χ1n) is 9.06. The molecule has 1 heteroatoms. The summed E-state index contributed by atoms with van der Waals surface area (Å²) in [6, 6.07) is 0.897. The van der Waals surface area contributed by atoms with Gasteiger partial charge in [-0.1, -0.05) is 45.4 Å². The van der Waals surface area contributed by atoms with E-state index in [4.69, 9.17) is 0 Å². The smallest absolute Gasteiger partial charge is 0.00683 e. The van der Waals surface area contributed by atoms with Crippen molar-refractivity contribution in [3.8, 4) is 0 Å². The summed E-state index contributed by atoms with van der Waals surface area (Å²) in [6.45, 7) is 3.82. The van der Waals surface area contributed by atoms with Crippen LogP contribution in [0.5, 0.6) is 0 Å². The molecule has 1 nitrogen and oxygen atoms in total. The lowest BCUT2D eigenvalue weighted by Crippen LogP contribution is -2.34. The minimum atomic E-state index is 0.897. The van der Waals surface area contributed by atoms with Gasteiger partial charge in [-0.05, 0) is 62.3 Å². The van der Waals surface area contributed by atoms with Gasteiger partial charge in [0.25, 0.3) is 0 Å². The van der Waals surface area contributed by atoms with E-state index < -0.39 is 0 Å². The first-order chi connectivity index (χ1) is 9.33. The number of hydrogen-bond donors (Lipinski definition) is 1. The maximum Gasteiger partial charge on any atom is 0.00683 e. The van der Waals surface area contributed by atoms with Crippen LogP contribution in [-0.4, -0.2) is 12.6 Å². The molecule has 0 aromatic rings. The van der Waals surface area contributed by atoms with E-state index in [0.29, 0.717) is 0 Å². The van der Waals surface area contributed by atoms with E-state index >= 15 is 0 Å². The molecular formula is C18H33N. The largest absolute Gasteiger partial charge is 0.314 e. The maximum absolute atomic E-state index is 3.83. The lowest BCUT2D eigenvalue weighted by Gasteiger charge is -2.37. The van der Waals surface area contributed by atoms with Crippen LogP contribution in [0.1, 0.15) is 77.6 Å². The third-order valence-corrected chi connectivity index (χ3v) is 6.05. The fraction of sp³-hybridized carbons (Fsp3) is 1.00. The maximum atomic E-state index is 3.83. The molecule has 1 N–H and O–H groups in total. The Morgan fingerprint density at radius 2 is 1.68 bits per heavy atom. The van der Waals surface area contributed by atoms with Gasteiger partial charge in [0.2, 0.25) is 0 Å². The van der Waals surface area contributed by atoms with Gasteiger partial charge in [0.05, 0.1) is 0 Å². The topological polar surface area (TPSA) is 12.0 Å². The van der Waals surface area contributed by atoms with Gasteiger partial charge in [-0.2, -0.15) is 0 Å². The summed E-state index contributed by atoms with van der Waals surface area (Å²) in [5.41, 5.74) is 0. The molecule has 0 spiro atoms. The first-order valence-corrected chi connectivity index (χ1v) is 9.06. The Morgan fingerprint density at radius 1 is 0.842 bits per heavy atom. The zero-order valence-electron chi connectivity index (χ0n) is 12.9. The standard InChI is InChI=1S/C18H33N/c1-14-6-5-8-15(12-14)18-9-4-2-3-7-16(18)13-19-17-10-11-17/h14-19H,2-13H2,1H3. The summed E-state index contributed by atoms with van der Waals surface area (Å²) >= 11 is 0. The van der Waals surface area contributed by atoms with Gasteiger partial charge in [0.15, 0.2) is 0 Å². The molecule has 0 aromatic heterocycles. The van der Waals surface area contributed by atoms with Crippen molar-refractivity contribution in [2.45, 2.75) is 83.6 Å². The third-order valence-electron chi connectivity index (χ3n) is 6.05. The van der Waals surface area contributed by atoms with Crippen LogP contribution in [0.25, 0.3) is 0 Å². The van der Waals surface area contributed by atoms with Crippen molar-refractivity contribution in [3.05, 3.63) is 0 Å². The van der Waals surface area contributed by atoms with Crippen LogP contribution in [0, 0.1) is 23.7 Å². The Labute approximate surface area is 119 Å². The average molecular weight is 263 g/mol. The predicted octanol–water partition coefficient (Wildman–Crippen LogP) is 4.76. The predicted molar refractivity (Wildman–Crippen MR) is 82.2 cm³/mol. The van der Waals surface area contributed by atoms with Gasteiger partial charge in [-0.25, -0.2) is 0 Å². The number of hydrogen-bond acceptors (Lipinski definition) is 1. The summed E-state index contributed by atoms with van der Waals surface area (Å²) in [6.07, 6.45) is 16.5. The Kier molecular flexibility index (Phi) is 4.84. The number of rotatable bonds is 4. The SMILES string of the molecule is CC1CCCC(C2CCCCCC2CNC2CC2)C1. The highest BCUT2D eigenvalue weighted by Gasteiger charge is 2.33. The highest BCUT2D eigenvalue weighted by Crippen LogP contribution is 2.42. The van der Waals surface area contributed by atoms with E-state index in [9.17, 15) is 0 Å². The van der Waals surface area contributed by atoms with Crippen molar-refractivity contribution >= 4 is 0 Å². The van der Waals surface area contributed by atoms with Crippen molar-refractivity contribution in [1.29, 1.82) is 0 Å². The molecule has 0 aliphatic heterocycles. The van der Waals surface area contributed by atoms with E-state index in [2.05, 4.69) is 12.2 Å². The Morgan fingerprint density at radius 3 is 2.47 bits per heavy atom. The van der Waals surface area contributed by atoms with Crippen LogP contribution in [0.2, 0.25) is 0 Å². The Bertz CT molecular complexity index is 271. The second kappa shape index (κ2) is 6.61. The van der Waals surface area contributed by atoms with Crippen molar-refractivity contribution in [2.24, 2.45) is 23.7 Å². The molecule has 110 valence electrons. The van der Waals surface area contributed by atoms with E-state index in [0.717, 1.165) is 29.7 Å². The minimum absolute atomic E-state index is 0.897. The fourth-order valence-electron chi connectivity index (χ4n) is 4.76. The lowest BCUT2D eigenvalue weighted by atomic mass is 9.69. The van der Waals surface area contributed by atoms with Gasteiger partial charge in [-0.15, -0.1) is 0 Å². The summed E-state index contributed by atoms with van der Waals surface area (Å²) in [5, 5.41) is 3.83. The Hall–Kier alpha value is -0.0400. The van der Waals surface area contributed by atoms with Crippen LogP contribution in [0.4, 0.5) is 0 Å². The molecule has 4 atom stereocenters. The van der Waals surface area contributed by atoms with E-state index in [-0.39, 0.29) is 0 Å². The van der Waals surface area contributed by atoms with Gasteiger partial charge in [-0.3, -0.25) is 0 Å². The number of nitrogens with one attached hydrogen (secondary N) is 1. The molecule has 0 heterocycles. The van der Waals surface area contributed by atoms with Crippen LogP contribution in [-0.2, 0) is 0 Å². The molecule has 4 unspecified atom stereocenters. The molecule has 3 rings (SSSR count). The van der Waals surface area contributed by atoms with Crippen LogP contribution >= 0.6 is 0 Å². The summed E-state index contributed by atoms with van der Waals surface area (Å²) in [7, 11) is 0. The molecule has 3 aliphatic rings. The highest BCUT2D eigenvalue weighted by molar-refractivity contribution is 4.87. The molecule has 0 radical (unpaired) electrons. The zero-order valence-corrected chi connectivity index (χ0v) is 12.9. The molecule has 3 fully saturated rings. The van der Waals surface area contributed by atoms with Gasteiger partial charge >= 0.3 is 0 Å². The zero-order chi connectivity index (χ0) is 13.1. The summed E-state index contributed by atoms with van der Waals surface area (Å²) in [4.78, 5) is 0. The second-order valence-corrected chi connectivity index (χ2v) is 7.78. The summed E-state index contributed by atoms with van der Waals surface area (Å²) in [5.74, 6) is 4.11. The van der Waals surface area contributed by atoms with E-state index in [1.165, 1.54) is 77.2 Å². The van der Waals surface area contributed by atoms with Crippen molar-refractivity contribution < 1.29 is 0 Å². The Balaban J connectivity index is 1.59. The van der Waals surface area contributed by atoms with Gasteiger partial charge in [0, 0.05) is 6.04 Å². The molecule has 3 aliphatic carbocycles. The van der Waals surface area contributed by atoms with Crippen LogP contribution in [0.3, 0.4) is 0 Å². The first kappa shape index (κ1) is 13.9. The molecular weight excluding hydrogens is 230 g/mol. The third kappa shape index (κ3) is 3.97. The van der Waals surface area contributed by atoms with Crippen molar-refractivity contribution in [3.63, 3.8) is 0 Å². The highest BCUT2D eigenvalue weighted by atomic mass is 14.9. The minimum Gasteiger partial charge on any atom is -0.314 e. The van der Waals surface area contributed by atoms with Crippen molar-refractivity contribution in [2.75, 3.05) is 6.54 Å². The molecule has 0 saturated heterocycles. The second-order valence-electron chi connectivity index (χ2n) is 7.78. The van der Waals surface area contributed by atoms with Gasteiger partial charge in [0.1, 0.15) is 0 Å². The summed E-state index contributed by atoms with van der Waals surface area (Å²) < 4.78 is 0. The monoisotopic (exact) mass is 263 g/mol. The van der Waals surface area contributed by atoms with Crippen LogP contribution in [0.15, 0.2) is 0 Å². The van der Waals surface area contributed by atoms with Crippen molar-refractivity contribution in [1.82, 2.24) is 5.32 Å². The fourth-order valence-corrected chi connectivity index (χ4v) is 4.76.